The van der Waals surface area contributed by atoms with Crippen LogP contribution in [0.1, 0.15) is 13.3 Å². The van der Waals surface area contributed by atoms with Crippen LogP contribution in [0.25, 0.3) is 0 Å². The fourth-order valence-electron chi connectivity index (χ4n) is 1.98. The minimum Gasteiger partial charge on any atom is -0.307 e. The van der Waals surface area contributed by atoms with Gasteiger partial charge >= 0.3 is 0 Å². The molecular weight excluding hydrogens is 318 g/mol. The highest BCUT2D eigenvalue weighted by molar-refractivity contribution is 7.99. The summed E-state index contributed by atoms with van der Waals surface area (Å²) < 4.78 is 0. The van der Waals surface area contributed by atoms with Gasteiger partial charge in [0.05, 0.1) is 25.8 Å². The lowest BCUT2D eigenvalue weighted by atomic mass is 10.3. The predicted octanol–water partition coefficient (Wildman–Crippen LogP) is 0.443. The maximum absolute atomic E-state index is 12.3. The first kappa shape index (κ1) is 19.0. The molecule has 126 valence electrons. The summed E-state index contributed by atoms with van der Waals surface area (Å²) in [6, 6.07) is 0. The Labute approximate surface area is 140 Å². The van der Waals surface area contributed by atoms with Crippen molar-refractivity contribution in [3.63, 3.8) is 0 Å². The average Bonchev–Trinajstić information content (AvgIpc) is 2.56. The predicted molar refractivity (Wildman–Crippen MR) is 88.2 cm³/mol. The molecule has 0 aromatic carbocycles. The van der Waals surface area contributed by atoms with Gasteiger partial charge in [-0.2, -0.15) is 11.8 Å². The number of hydrogen-bond acceptors (Lipinski definition) is 5. The normalized spacial score (nSPS) is 14.4. The second kappa shape index (κ2) is 9.14. The Hall–Kier alpha value is -2.09. The molecule has 0 aliphatic carbocycles. The molecule has 8 heteroatoms. The molecule has 0 aromatic rings. The van der Waals surface area contributed by atoms with Gasteiger partial charge < -0.3 is 14.7 Å². The zero-order valence-electron chi connectivity index (χ0n) is 13.2. The molecule has 1 fully saturated rings. The van der Waals surface area contributed by atoms with Gasteiger partial charge in [0.2, 0.25) is 17.7 Å². The quantitative estimate of drug-likeness (QED) is 0.497. The summed E-state index contributed by atoms with van der Waals surface area (Å²) in [5.41, 5.74) is 0. The van der Waals surface area contributed by atoms with Crippen molar-refractivity contribution in [3.8, 4) is 0 Å². The van der Waals surface area contributed by atoms with E-state index in [-0.39, 0.29) is 49.9 Å². The van der Waals surface area contributed by atoms with Crippen molar-refractivity contribution in [2.45, 2.75) is 13.3 Å². The minimum absolute atomic E-state index is 0.0610. The molecule has 3 amide bonds. The third kappa shape index (κ3) is 5.90. The highest BCUT2D eigenvalue weighted by Crippen LogP contribution is 2.12. The Morgan fingerprint density at radius 1 is 0.957 bits per heavy atom. The SMILES string of the molecule is C=CC(=O)N1CN(C(=O)C=C)CN(C(=O)CCSCC(C)=O)C1. The highest BCUT2D eigenvalue weighted by atomic mass is 32.2. The fourth-order valence-corrected chi connectivity index (χ4v) is 2.73. The van der Waals surface area contributed by atoms with E-state index in [9.17, 15) is 19.2 Å². The van der Waals surface area contributed by atoms with E-state index in [1.54, 1.807) is 0 Å². The van der Waals surface area contributed by atoms with Crippen LogP contribution in [0.3, 0.4) is 0 Å². The molecule has 0 unspecified atom stereocenters. The molecule has 23 heavy (non-hydrogen) atoms. The summed E-state index contributed by atoms with van der Waals surface area (Å²) in [6.07, 6.45) is 2.53. The molecule has 1 aliphatic heterocycles. The fraction of sp³-hybridized carbons (Fsp3) is 0.467. The zero-order chi connectivity index (χ0) is 17.4. The van der Waals surface area contributed by atoms with Crippen LogP contribution in [-0.2, 0) is 19.2 Å². The Morgan fingerprint density at radius 2 is 1.43 bits per heavy atom. The van der Waals surface area contributed by atoms with Crippen LogP contribution in [0, 0.1) is 0 Å². The van der Waals surface area contributed by atoms with Crippen molar-refractivity contribution < 1.29 is 19.2 Å². The largest absolute Gasteiger partial charge is 0.307 e. The molecule has 1 saturated heterocycles. The molecule has 0 spiro atoms. The van der Waals surface area contributed by atoms with E-state index in [1.165, 1.54) is 33.4 Å². The average molecular weight is 339 g/mol. The highest BCUT2D eigenvalue weighted by Gasteiger charge is 2.29. The first-order valence-electron chi connectivity index (χ1n) is 7.06. The van der Waals surface area contributed by atoms with Gasteiger partial charge in [0.15, 0.2) is 0 Å². The Kier molecular flexibility index (Phi) is 7.53. The van der Waals surface area contributed by atoms with Crippen molar-refractivity contribution in [3.05, 3.63) is 25.3 Å². The lowest BCUT2D eigenvalue weighted by Gasteiger charge is -2.41. The van der Waals surface area contributed by atoms with Gasteiger partial charge in [-0.3, -0.25) is 19.2 Å². The Bertz CT molecular complexity index is 493. The minimum atomic E-state index is -0.352. The van der Waals surface area contributed by atoms with Crippen molar-refractivity contribution in [2.24, 2.45) is 0 Å². The molecule has 1 rings (SSSR count). The maximum atomic E-state index is 12.3. The van der Waals surface area contributed by atoms with Crippen molar-refractivity contribution in [2.75, 3.05) is 31.5 Å². The molecule has 0 radical (unpaired) electrons. The van der Waals surface area contributed by atoms with Gasteiger partial charge in [0, 0.05) is 12.2 Å². The van der Waals surface area contributed by atoms with Crippen LogP contribution in [0.2, 0.25) is 0 Å². The van der Waals surface area contributed by atoms with E-state index in [0.29, 0.717) is 11.5 Å². The standard InChI is InChI=1S/C15H21N3O4S/c1-4-13(20)16-9-17(14(21)5-2)11-18(10-16)15(22)6-7-23-8-12(3)19/h4-5H,1-2,6-11H2,3H3. The number of carbonyl (C=O) groups is 4. The van der Waals surface area contributed by atoms with Crippen LogP contribution in [0.4, 0.5) is 0 Å². The molecule has 0 atom stereocenters. The van der Waals surface area contributed by atoms with Gasteiger partial charge in [-0.25, -0.2) is 0 Å². The summed E-state index contributed by atoms with van der Waals surface area (Å²) in [5.74, 6) is 0.0656. The van der Waals surface area contributed by atoms with Crippen molar-refractivity contribution in [1.82, 2.24) is 14.7 Å². The first-order valence-corrected chi connectivity index (χ1v) is 8.22. The summed E-state index contributed by atoms with van der Waals surface area (Å²) in [6.45, 7) is 8.66. The smallest absolute Gasteiger partial charge is 0.248 e. The summed E-state index contributed by atoms with van der Waals surface area (Å²) in [4.78, 5) is 50.9. The lowest BCUT2D eigenvalue weighted by molar-refractivity contribution is -0.154. The molecule has 1 heterocycles. The number of hydrogen-bond donors (Lipinski definition) is 0. The Balaban J connectivity index is 2.66. The van der Waals surface area contributed by atoms with Gasteiger partial charge in [-0.05, 0) is 19.1 Å². The van der Waals surface area contributed by atoms with Crippen LogP contribution in [0.15, 0.2) is 25.3 Å². The molecular formula is C15H21N3O4S. The molecule has 7 nitrogen and oxygen atoms in total. The molecule has 0 N–H and O–H groups in total. The third-order valence-corrected chi connectivity index (χ3v) is 4.22. The van der Waals surface area contributed by atoms with E-state index < -0.39 is 0 Å². The molecule has 0 saturated carbocycles. The van der Waals surface area contributed by atoms with E-state index in [1.807, 2.05) is 0 Å². The topological polar surface area (TPSA) is 78.0 Å². The number of nitrogens with zero attached hydrogens (tertiary/aromatic N) is 3. The maximum Gasteiger partial charge on any atom is 0.248 e. The summed E-state index contributed by atoms with van der Waals surface area (Å²) >= 11 is 1.39. The lowest BCUT2D eigenvalue weighted by Crippen LogP contribution is -2.59. The van der Waals surface area contributed by atoms with Gasteiger partial charge in [-0.1, -0.05) is 13.2 Å². The number of rotatable bonds is 7. The van der Waals surface area contributed by atoms with Crippen LogP contribution in [0.5, 0.6) is 0 Å². The summed E-state index contributed by atoms with van der Waals surface area (Å²) in [5, 5.41) is 0. The van der Waals surface area contributed by atoms with Crippen LogP contribution >= 0.6 is 11.8 Å². The number of amides is 3. The second-order valence-corrected chi connectivity index (χ2v) is 6.13. The number of thioether (sulfide) groups is 1. The van der Waals surface area contributed by atoms with Crippen molar-refractivity contribution in [1.29, 1.82) is 0 Å². The van der Waals surface area contributed by atoms with E-state index in [0.717, 1.165) is 12.2 Å². The number of carbonyl (C=O) groups excluding carboxylic acids is 4. The van der Waals surface area contributed by atoms with Gasteiger partial charge in [0.25, 0.3) is 0 Å². The summed E-state index contributed by atoms with van der Waals surface area (Å²) in [7, 11) is 0. The monoisotopic (exact) mass is 339 g/mol. The van der Waals surface area contributed by atoms with E-state index in [4.69, 9.17) is 0 Å². The van der Waals surface area contributed by atoms with Crippen molar-refractivity contribution >= 4 is 35.3 Å². The molecule has 1 aliphatic rings. The molecule has 0 bridgehead atoms. The van der Waals surface area contributed by atoms with Gasteiger partial charge in [0.1, 0.15) is 5.78 Å². The third-order valence-electron chi connectivity index (χ3n) is 3.12. The van der Waals surface area contributed by atoms with E-state index in [2.05, 4.69) is 13.2 Å². The second-order valence-electron chi connectivity index (χ2n) is 5.03. The van der Waals surface area contributed by atoms with Gasteiger partial charge in [-0.15, -0.1) is 0 Å². The van der Waals surface area contributed by atoms with E-state index >= 15 is 0 Å². The Morgan fingerprint density at radius 3 is 1.87 bits per heavy atom. The first-order chi connectivity index (χ1) is 10.9. The van der Waals surface area contributed by atoms with Crippen LogP contribution in [-0.4, -0.2) is 69.7 Å². The van der Waals surface area contributed by atoms with Crippen LogP contribution < -0.4 is 0 Å². The zero-order valence-corrected chi connectivity index (χ0v) is 14.0. The number of Topliss-reactive ketones (excluding diaryl/α,β-unsaturated/α-hetero) is 1. The number of ketones is 1. The molecule has 0 aromatic heterocycles.